The second-order valence-corrected chi connectivity index (χ2v) is 7.10. The molecule has 0 N–H and O–H groups in total. The molecular formula is C21H17ClN4O3. The van der Waals surface area contributed by atoms with Crippen molar-refractivity contribution in [3.05, 3.63) is 104 Å². The summed E-state index contributed by atoms with van der Waals surface area (Å²) >= 11 is 5.87. The van der Waals surface area contributed by atoms with E-state index in [1.165, 1.54) is 15.3 Å². The lowest BCUT2D eigenvalue weighted by Gasteiger charge is -2.08. The van der Waals surface area contributed by atoms with Gasteiger partial charge in [-0.05, 0) is 24.6 Å². The second-order valence-electron chi connectivity index (χ2n) is 6.67. The van der Waals surface area contributed by atoms with E-state index in [1.807, 2.05) is 43.3 Å². The van der Waals surface area contributed by atoms with Crippen molar-refractivity contribution in [1.29, 1.82) is 0 Å². The highest BCUT2D eigenvalue weighted by Gasteiger charge is 2.12. The fourth-order valence-corrected chi connectivity index (χ4v) is 2.99. The Morgan fingerprint density at radius 3 is 2.17 bits per heavy atom. The molecule has 0 aliphatic carbocycles. The summed E-state index contributed by atoms with van der Waals surface area (Å²) < 4.78 is 7.85. The third-order valence-corrected chi connectivity index (χ3v) is 4.73. The predicted molar refractivity (Wildman–Crippen MR) is 109 cm³/mol. The first kappa shape index (κ1) is 18.9. The lowest BCUT2D eigenvalue weighted by Crippen LogP contribution is -2.40. The van der Waals surface area contributed by atoms with Gasteiger partial charge in [0.05, 0.1) is 6.54 Å². The average Bonchev–Trinajstić information content (AvgIpc) is 3.18. The van der Waals surface area contributed by atoms with Crippen LogP contribution in [0.5, 0.6) is 0 Å². The summed E-state index contributed by atoms with van der Waals surface area (Å²) in [5.74, 6) is 0.682. The maximum Gasteiger partial charge on any atom is 0.316 e. The van der Waals surface area contributed by atoms with Gasteiger partial charge in [0.1, 0.15) is 6.54 Å². The Morgan fingerprint density at radius 2 is 1.52 bits per heavy atom. The van der Waals surface area contributed by atoms with Gasteiger partial charge in [0.2, 0.25) is 11.7 Å². The van der Waals surface area contributed by atoms with Crippen LogP contribution in [-0.2, 0) is 13.1 Å². The van der Waals surface area contributed by atoms with Gasteiger partial charge in [0.25, 0.3) is 0 Å². The van der Waals surface area contributed by atoms with Crippen LogP contribution in [0.25, 0.3) is 11.4 Å². The van der Waals surface area contributed by atoms with E-state index < -0.39 is 11.1 Å². The molecular weight excluding hydrogens is 392 g/mol. The van der Waals surface area contributed by atoms with Crippen LogP contribution in [0, 0.1) is 6.92 Å². The van der Waals surface area contributed by atoms with Crippen molar-refractivity contribution < 1.29 is 4.52 Å². The highest BCUT2D eigenvalue weighted by atomic mass is 35.5. The number of hydrogen-bond donors (Lipinski definition) is 0. The van der Waals surface area contributed by atoms with E-state index in [-0.39, 0.29) is 19.0 Å². The van der Waals surface area contributed by atoms with E-state index >= 15 is 0 Å². The van der Waals surface area contributed by atoms with E-state index in [0.717, 1.165) is 16.7 Å². The van der Waals surface area contributed by atoms with Crippen LogP contribution in [-0.4, -0.2) is 19.3 Å². The number of rotatable bonds is 5. The summed E-state index contributed by atoms with van der Waals surface area (Å²) in [5.41, 5.74) is 1.53. The monoisotopic (exact) mass is 408 g/mol. The van der Waals surface area contributed by atoms with Crippen molar-refractivity contribution in [3.8, 4) is 11.4 Å². The topological polar surface area (TPSA) is 82.9 Å². The molecule has 0 spiro atoms. The van der Waals surface area contributed by atoms with Gasteiger partial charge in [-0.15, -0.1) is 0 Å². The zero-order valence-electron chi connectivity index (χ0n) is 15.6. The summed E-state index contributed by atoms with van der Waals surface area (Å²) in [7, 11) is 0. The molecule has 4 aromatic rings. The smallest absolute Gasteiger partial charge is 0.316 e. The average molecular weight is 409 g/mol. The zero-order chi connectivity index (χ0) is 20.4. The molecule has 0 saturated carbocycles. The third kappa shape index (κ3) is 4.20. The van der Waals surface area contributed by atoms with Crippen LogP contribution in [0.2, 0.25) is 5.02 Å². The zero-order valence-corrected chi connectivity index (χ0v) is 16.3. The maximum absolute atomic E-state index is 12.5. The van der Waals surface area contributed by atoms with E-state index in [4.69, 9.17) is 16.1 Å². The van der Waals surface area contributed by atoms with Crippen LogP contribution < -0.4 is 11.1 Å². The van der Waals surface area contributed by atoms with Gasteiger partial charge >= 0.3 is 11.1 Å². The molecule has 4 rings (SSSR count). The highest BCUT2D eigenvalue weighted by Crippen LogP contribution is 2.16. The molecule has 29 heavy (non-hydrogen) atoms. The normalized spacial score (nSPS) is 11.0. The fourth-order valence-electron chi connectivity index (χ4n) is 2.86. The molecule has 0 bridgehead atoms. The van der Waals surface area contributed by atoms with E-state index in [0.29, 0.717) is 10.8 Å². The first-order chi connectivity index (χ1) is 14.0. The number of nitrogens with zero attached hydrogens (tertiary/aromatic N) is 4. The van der Waals surface area contributed by atoms with E-state index in [2.05, 4.69) is 10.1 Å². The molecule has 0 fully saturated rings. The van der Waals surface area contributed by atoms with Gasteiger partial charge < -0.3 is 9.09 Å². The Hall–Kier alpha value is -3.45. The quantitative estimate of drug-likeness (QED) is 0.474. The summed E-state index contributed by atoms with van der Waals surface area (Å²) in [4.78, 5) is 29.2. The number of aryl methyl sites for hydroxylation is 1. The Kier molecular flexibility index (Phi) is 5.14. The maximum atomic E-state index is 12.5. The van der Waals surface area contributed by atoms with Crippen LogP contribution in [0.15, 0.2) is 75.0 Å². The molecule has 2 heterocycles. The summed E-state index contributed by atoms with van der Waals surface area (Å²) in [5, 5.41) is 4.56. The SMILES string of the molecule is Cc1ccc(-c2noc(Cn3ccn(Cc4ccc(Cl)cc4)c(=O)c3=O)n2)cc1. The van der Waals surface area contributed by atoms with Crippen molar-refractivity contribution in [3.63, 3.8) is 0 Å². The molecule has 7 nitrogen and oxygen atoms in total. The lowest BCUT2D eigenvalue weighted by atomic mass is 10.1. The van der Waals surface area contributed by atoms with Crippen LogP contribution in [0.4, 0.5) is 0 Å². The molecule has 0 aliphatic rings. The number of benzene rings is 2. The van der Waals surface area contributed by atoms with Gasteiger partial charge in [0, 0.05) is 23.0 Å². The largest absolute Gasteiger partial charge is 0.337 e. The molecule has 8 heteroatoms. The van der Waals surface area contributed by atoms with Crippen molar-refractivity contribution in [1.82, 2.24) is 19.3 Å². The molecule has 146 valence electrons. The van der Waals surface area contributed by atoms with Crippen LogP contribution in [0.3, 0.4) is 0 Å². The Morgan fingerprint density at radius 1 is 0.897 bits per heavy atom. The third-order valence-electron chi connectivity index (χ3n) is 4.48. The predicted octanol–water partition coefficient (Wildman–Crippen LogP) is 3.12. The molecule has 0 aliphatic heterocycles. The molecule has 0 radical (unpaired) electrons. The Labute approximate surface area is 170 Å². The highest BCUT2D eigenvalue weighted by molar-refractivity contribution is 6.30. The Balaban J connectivity index is 1.55. The molecule has 0 unspecified atom stereocenters. The molecule has 0 saturated heterocycles. The van der Waals surface area contributed by atoms with Crippen molar-refractivity contribution >= 4 is 11.6 Å². The Bertz CT molecular complexity index is 1250. The standard InChI is InChI=1S/C21H17ClN4O3/c1-14-2-6-16(7-3-14)19-23-18(29-24-19)13-26-11-10-25(20(27)21(26)28)12-15-4-8-17(22)9-5-15/h2-11H,12-13H2,1H3. The number of hydrogen-bond acceptors (Lipinski definition) is 5. The van der Waals surface area contributed by atoms with Gasteiger partial charge in [0.15, 0.2) is 0 Å². The van der Waals surface area contributed by atoms with Crippen molar-refractivity contribution in [2.24, 2.45) is 0 Å². The van der Waals surface area contributed by atoms with Crippen molar-refractivity contribution in [2.45, 2.75) is 20.0 Å². The van der Waals surface area contributed by atoms with Gasteiger partial charge in [-0.1, -0.05) is 58.7 Å². The second kappa shape index (κ2) is 7.89. The number of halogens is 1. The van der Waals surface area contributed by atoms with Gasteiger partial charge in [-0.3, -0.25) is 14.2 Å². The lowest BCUT2D eigenvalue weighted by molar-refractivity contribution is 0.369. The van der Waals surface area contributed by atoms with Crippen LogP contribution in [0.1, 0.15) is 17.0 Å². The molecule has 0 amide bonds. The van der Waals surface area contributed by atoms with E-state index in [1.54, 1.807) is 18.3 Å². The summed E-state index contributed by atoms with van der Waals surface area (Å²) in [6.45, 7) is 2.30. The number of aromatic nitrogens is 4. The van der Waals surface area contributed by atoms with E-state index in [9.17, 15) is 9.59 Å². The van der Waals surface area contributed by atoms with Gasteiger partial charge in [-0.25, -0.2) is 0 Å². The van der Waals surface area contributed by atoms with Gasteiger partial charge in [-0.2, -0.15) is 4.98 Å². The molecule has 2 aromatic carbocycles. The fraction of sp³-hybridized carbons (Fsp3) is 0.143. The summed E-state index contributed by atoms with van der Waals surface area (Å²) in [6, 6.07) is 14.8. The first-order valence-corrected chi connectivity index (χ1v) is 9.31. The minimum atomic E-state index is -0.656. The molecule has 0 atom stereocenters. The first-order valence-electron chi connectivity index (χ1n) is 8.93. The molecule has 2 aromatic heterocycles. The summed E-state index contributed by atoms with van der Waals surface area (Å²) in [6.07, 6.45) is 3.10. The minimum Gasteiger partial charge on any atom is -0.337 e. The van der Waals surface area contributed by atoms with Crippen molar-refractivity contribution in [2.75, 3.05) is 0 Å². The minimum absolute atomic E-state index is 0.0225. The van der Waals surface area contributed by atoms with Crippen LogP contribution >= 0.6 is 11.6 Å².